The van der Waals surface area contributed by atoms with E-state index in [1.807, 2.05) is 24.3 Å². The van der Waals surface area contributed by atoms with E-state index in [1.54, 1.807) is 0 Å². The molecule has 0 unspecified atom stereocenters. The van der Waals surface area contributed by atoms with Gasteiger partial charge in [0.05, 0.1) is 33.0 Å². The molecule has 0 saturated carbocycles. The molecule has 6 heteroatoms. The third-order valence-corrected chi connectivity index (χ3v) is 11.1. The van der Waals surface area contributed by atoms with Crippen LogP contribution in [0.25, 0.3) is 121 Å². The molecule has 0 saturated heterocycles. The summed E-state index contributed by atoms with van der Waals surface area (Å²) in [6.07, 6.45) is 0. The van der Waals surface area contributed by atoms with Crippen LogP contribution in [0, 0.1) is 0 Å². The molecule has 0 radical (unpaired) electrons. The van der Waals surface area contributed by atoms with Gasteiger partial charge in [0, 0.05) is 37.9 Å². The maximum atomic E-state index is 6.57. The molecule has 6 heterocycles. The Morgan fingerprint density at radius 3 is 2.08 bits per heavy atom. The number of benzene rings is 7. The second-order valence-corrected chi connectivity index (χ2v) is 13.7. The Hall–Kier alpha value is -7.18. The molecule has 0 bridgehead atoms. The van der Waals surface area contributed by atoms with Gasteiger partial charge in [0.2, 0.25) is 5.95 Å². The zero-order valence-electron chi connectivity index (χ0n) is 27.5. The Labute approximate surface area is 294 Å². The van der Waals surface area contributed by atoms with Crippen molar-refractivity contribution in [3.63, 3.8) is 0 Å². The van der Waals surface area contributed by atoms with Crippen LogP contribution in [-0.2, 0) is 0 Å². The number of hydrogen-bond donors (Lipinski definition) is 0. The van der Waals surface area contributed by atoms with Crippen molar-refractivity contribution in [3.05, 3.63) is 146 Å². The molecule has 13 aromatic rings. The largest absolute Gasteiger partial charge is 0.456 e. The lowest BCUT2D eigenvalue weighted by Crippen LogP contribution is -2.03. The van der Waals surface area contributed by atoms with Crippen LogP contribution in [0.3, 0.4) is 0 Å². The predicted molar refractivity (Wildman–Crippen MR) is 210 cm³/mol. The molecule has 52 heavy (non-hydrogen) atoms. The summed E-state index contributed by atoms with van der Waals surface area (Å²) in [6, 6.07) is 51.0. The Kier molecular flexibility index (Phi) is 4.78. The second kappa shape index (κ2) is 9.33. The van der Waals surface area contributed by atoms with Crippen molar-refractivity contribution in [1.29, 1.82) is 0 Å². The standard InChI is InChI=1S/C46H24N4O2/c1-2-10-25(11-3-1)26-12-8-13-27(24-26)42-45-43(30-15-5-7-18-35(30)52-45)48-46(47-42)50-33-22-23-37-41-38-32(17-9-19-36(38)51-37)49-31-16-6-4-14-28(31)29-20-21-34(50)40(39(33)41)44(29)49/h1-24H. The van der Waals surface area contributed by atoms with Crippen LogP contribution in [0.4, 0.5) is 0 Å². The molecule has 0 aliphatic carbocycles. The summed E-state index contributed by atoms with van der Waals surface area (Å²) < 4.78 is 17.8. The molecule has 7 aromatic carbocycles. The fourth-order valence-corrected chi connectivity index (χ4v) is 8.93. The molecule has 13 rings (SSSR count). The van der Waals surface area contributed by atoms with Gasteiger partial charge in [-0.05, 0) is 65.7 Å². The number of fused-ring (bicyclic) bond motifs is 7. The summed E-state index contributed by atoms with van der Waals surface area (Å²) >= 11 is 0. The highest BCUT2D eigenvalue weighted by Crippen LogP contribution is 2.48. The number of nitrogens with zero attached hydrogens (tertiary/aromatic N) is 4. The lowest BCUT2D eigenvalue weighted by atomic mass is 10.0. The summed E-state index contributed by atoms with van der Waals surface area (Å²) in [4.78, 5) is 10.8. The van der Waals surface area contributed by atoms with Crippen molar-refractivity contribution in [2.24, 2.45) is 0 Å². The van der Waals surface area contributed by atoms with Crippen molar-refractivity contribution in [3.8, 4) is 28.3 Å². The second-order valence-electron chi connectivity index (χ2n) is 13.7. The van der Waals surface area contributed by atoms with Gasteiger partial charge in [-0.3, -0.25) is 4.57 Å². The first-order valence-corrected chi connectivity index (χ1v) is 17.5. The Balaban J connectivity index is 1.22. The molecular weight excluding hydrogens is 641 g/mol. The van der Waals surface area contributed by atoms with Gasteiger partial charge in [0.25, 0.3) is 0 Å². The topological polar surface area (TPSA) is 61.4 Å². The fraction of sp³-hybridized carbons (Fsp3) is 0. The van der Waals surface area contributed by atoms with Crippen LogP contribution in [0.2, 0.25) is 0 Å². The van der Waals surface area contributed by atoms with Gasteiger partial charge in [-0.1, -0.05) is 91.0 Å². The van der Waals surface area contributed by atoms with Gasteiger partial charge < -0.3 is 13.2 Å². The lowest BCUT2D eigenvalue weighted by Gasteiger charge is -2.11. The molecule has 0 N–H and O–H groups in total. The van der Waals surface area contributed by atoms with E-state index < -0.39 is 0 Å². The van der Waals surface area contributed by atoms with E-state index in [9.17, 15) is 0 Å². The number of aromatic nitrogens is 4. The highest BCUT2D eigenvalue weighted by atomic mass is 16.3. The van der Waals surface area contributed by atoms with E-state index in [0.29, 0.717) is 11.5 Å². The van der Waals surface area contributed by atoms with E-state index in [4.69, 9.17) is 18.8 Å². The predicted octanol–water partition coefficient (Wildman–Crippen LogP) is 12.1. The third-order valence-electron chi connectivity index (χ3n) is 11.1. The van der Waals surface area contributed by atoms with Crippen LogP contribution in [0.15, 0.2) is 154 Å². The van der Waals surface area contributed by atoms with Crippen LogP contribution in [0.1, 0.15) is 0 Å². The van der Waals surface area contributed by atoms with Gasteiger partial charge >= 0.3 is 0 Å². The maximum Gasteiger partial charge on any atom is 0.236 e. The zero-order chi connectivity index (χ0) is 33.7. The van der Waals surface area contributed by atoms with Crippen molar-refractivity contribution < 1.29 is 8.83 Å². The van der Waals surface area contributed by atoms with Gasteiger partial charge in [0.1, 0.15) is 28.0 Å². The van der Waals surface area contributed by atoms with Crippen LogP contribution in [-0.4, -0.2) is 18.9 Å². The number of para-hydroxylation sites is 2. The summed E-state index contributed by atoms with van der Waals surface area (Å²) in [7, 11) is 0. The van der Waals surface area contributed by atoms with Gasteiger partial charge in [-0.25, -0.2) is 9.97 Å². The normalized spacial score (nSPS) is 12.6. The minimum absolute atomic E-state index is 0.592. The van der Waals surface area contributed by atoms with E-state index in [-0.39, 0.29) is 0 Å². The van der Waals surface area contributed by atoms with Gasteiger partial charge in [-0.15, -0.1) is 0 Å². The van der Waals surface area contributed by atoms with Crippen molar-refractivity contribution in [2.45, 2.75) is 0 Å². The first-order chi connectivity index (χ1) is 25.8. The molecule has 0 fully saturated rings. The smallest absolute Gasteiger partial charge is 0.236 e. The Bertz CT molecular complexity index is 3580. The molecule has 0 atom stereocenters. The quantitative estimate of drug-likeness (QED) is 0.189. The zero-order valence-corrected chi connectivity index (χ0v) is 27.5. The number of hydrogen-bond acceptors (Lipinski definition) is 4. The van der Waals surface area contributed by atoms with E-state index in [2.05, 4.69) is 130 Å². The van der Waals surface area contributed by atoms with E-state index in [0.717, 1.165) is 82.7 Å². The van der Waals surface area contributed by atoms with Crippen LogP contribution >= 0.6 is 0 Å². The van der Waals surface area contributed by atoms with Crippen molar-refractivity contribution >= 4 is 93.1 Å². The SMILES string of the molecule is c1ccc(-c2cccc(-c3nc(-n4c5ccc6oc7cccc8c7c6c5c5c4ccc4c6ccccc6n8c45)nc4c3oc3ccccc34)c2)cc1. The van der Waals surface area contributed by atoms with E-state index >= 15 is 0 Å². The molecule has 0 aliphatic heterocycles. The highest BCUT2D eigenvalue weighted by Gasteiger charge is 2.28. The van der Waals surface area contributed by atoms with Gasteiger partial charge in [-0.2, -0.15) is 0 Å². The third kappa shape index (κ3) is 3.21. The van der Waals surface area contributed by atoms with Crippen molar-refractivity contribution in [2.75, 3.05) is 0 Å². The summed E-state index contributed by atoms with van der Waals surface area (Å²) in [6.45, 7) is 0. The fourth-order valence-electron chi connectivity index (χ4n) is 8.93. The average Bonchev–Trinajstić information content (AvgIpc) is 3.93. The molecule has 0 amide bonds. The van der Waals surface area contributed by atoms with Crippen LogP contribution in [0.5, 0.6) is 0 Å². The molecule has 0 aliphatic rings. The molecular formula is C46H24N4O2. The summed E-state index contributed by atoms with van der Waals surface area (Å²) in [5, 5.41) is 7.96. The van der Waals surface area contributed by atoms with Crippen molar-refractivity contribution in [1.82, 2.24) is 18.9 Å². The molecule has 240 valence electrons. The summed E-state index contributed by atoms with van der Waals surface area (Å²) in [5.74, 6) is 0.592. The minimum Gasteiger partial charge on any atom is -0.456 e. The first-order valence-electron chi connectivity index (χ1n) is 17.5. The minimum atomic E-state index is 0.592. The van der Waals surface area contributed by atoms with Gasteiger partial charge in [0.15, 0.2) is 5.58 Å². The Morgan fingerprint density at radius 1 is 0.423 bits per heavy atom. The monoisotopic (exact) mass is 664 g/mol. The highest BCUT2D eigenvalue weighted by molar-refractivity contribution is 6.37. The number of rotatable bonds is 3. The van der Waals surface area contributed by atoms with Crippen LogP contribution < -0.4 is 0 Å². The first kappa shape index (κ1) is 26.7. The Morgan fingerprint density at radius 2 is 1.13 bits per heavy atom. The summed E-state index contributed by atoms with van der Waals surface area (Å²) in [5.41, 5.74) is 13.5. The van der Waals surface area contributed by atoms with E-state index in [1.165, 1.54) is 27.2 Å². The lowest BCUT2D eigenvalue weighted by molar-refractivity contribution is 0.666. The maximum absolute atomic E-state index is 6.57. The number of furan rings is 2. The molecule has 0 spiro atoms. The average molecular weight is 665 g/mol. The molecule has 6 aromatic heterocycles. The molecule has 6 nitrogen and oxygen atoms in total.